The Morgan fingerprint density at radius 3 is 2.54 bits per heavy atom. The molecular formula is C24H32N4. The van der Waals surface area contributed by atoms with Gasteiger partial charge in [0.1, 0.15) is 0 Å². The van der Waals surface area contributed by atoms with E-state index in [1.165, 1.54) is 48.2 Å². The first-order valence-electron chi connectivity index (χ1n) is 10.7. The van der Waals surface area contributed by atoms with E-state index in [0.717, 1.165) is 6.54 Å². The fraction of sp³-hybridized carbons (Fsp3) is 0.458. The van der Waals surface area contributed by atoms with Gasteiger partial charge in [-0.15, -0.1) is 0 Å². The van der Waals surface area contributed by atoms with Gasteiger partial charge in [0.15, 0.2) is 0 Å². The number of nitrogens with one attached hydrogen (secondary N) is 1. The molecule has 1 aromatic carbocycles. The molecule has 0 radical (unpaired) electrons. The third-order valence-corrected chi connectivity index (χ3v) is 6.13. The highest BCUT2D eigenvalue weighted by molar-refractivity contribution is 5.50. The fourth-order valence-electron chi connectivity index (χ4n) is 4.46. The van der Waals surface area contributed by atoms with E-state index < -0.39 is 0 Å². The van der Waals surface area contributed by atoms with E-state index in [0.29, 0.717) is 12.1 Å². The Balaban J connectivity index is 1.62. The first-order valence-corrected chi connectivity index (χ1v) is 10.7. The molecule has 0 spiro atoms. The van der Waals surface area contributed by atoms with Gasteiger partial charge in [0.25, 0.3) is 0 Å². The van der Waals surface area contributed by atoms with Gasteiger partial charge in [-0.25, -0.2) is 5.43 Å². The third kappa shape index (κ3) is 3.79. The first kappa shape index (κ1) is 19.0. The number of piperazine rings is 1. The highest BCUT2D eigenvalue weighted by atomic mass is 15.6. The largest absolute Gasteiger partial charge is 0.361 e. The zero-order chi connectivity index (χ0) is 19.5. The molecule has 1 aromatic heterocycles. The zero-order valence-electron chi connectivity index (χ0n) is 17.3. The van der Waals surface area contributed by atoms with Crippen LogP contribution < -0.4 is 10.3 Å². The second-order valence-electron chi connectivity index (χ2n) is 8.16. The molecule has 0 aliphatic carbocycles. The molecule has 1 N–H and O–H groups in total. The van der Waals surface area contributed by atoms with Gasteiger partial charge in [-0.05, 0) is 44.0 Å². The van der Waals surface area contributed by atoms with Gasteiger partial charge in [-0.2, -0.15) is 0 Å². The average Bonchev–Trinajstić information content (AvgIpc) is 3.17. The van der Waals surface area contributed by atoms with Crippen molar-refractivity contribution in [3.05, 3.63) is 71.7 Å². The van der Waals surface area contributed by atoms with Crippen molar-refractivity contribution >= 4 is 5.69 Å². The van der Waals surface area contributed by atoms with Crippen LogP contribution >= 0.6 is 0 Å². The number of hydrogen-bond acceptors (Lipinski definition) is 4. The highest BCUT2D eigenvalue weighted by Gasteiger charge is 2.39. The number of fused-ring (bicyclic) bond motifs is 1. The molecule has 2 aliphatic heterocycles. The first-order chi connectivity index (χ1) is 13.7. The van der Waals surface area contributed by atoms with Crippen LogP contribution in [-0.4, -0.2) is 28.6 Å². The number of unbranched alkanes of at least 4 members (excludes halogenated alkanes) is 2. The lowest BCUT2D eigenvalue weighted by Gasteiger charge is -2.47. The Hall–Kier alpha value is -2.33. The minimum atomic E-state index is 0.254. The van der Waals surface area contributed by atoms with E-state index in [2.05, 4.69) is 83.6 Å². The molecule has 2 aliphatic rings. The summed E-state index contributed by atoms with van der Waals surface area (Å²) in [6, 6.07) is 14.3. The van der Waals surface area contributed by atoms with Crippen LogP contribution in [-0.2, 0) is 0 Å². The van der Waals surface area contributed by atoms with Crippen LogP contribution in [0.3, 0.4) is 0 Å². The number of aromatic nitrogens is 1. The topological polar surface area (TPSA) is 31.4 Å². The summed E-state index contributed by atoms with van der Waals surface area (Å²) in [5.41, 5.74) is 9.12. The summed E-state index contributed by atoms with van der Waals surface area (Å²) in [6.45, 7) is 7.78. The second-order valence-corrected chi connectivity index (χ2v) is 8.16. The standard InChI is InChI=1S/C24H32N4/c1-4-5-6-7-22-17-27(21-12-14-25-15-13-21)19(3)24-16-23(26-28(22)24)20-10-8-18(2)9-11-20/h8-16,19,22-23,26H,4-7,17H2,1-3H3. The molecule has 0 amide bonds. The van der Waals surface area contributed by atoms with Crippen LogP contribution in [0.5, 0.6) is 0 Å². The molecule has 0 bridgehead atoms. The Kier molecular flexibility index (Phi) is 5.67. The summed E-state index contributed by atoms with van der Waals surface area (Å²) in [5.74, 6) is 0. The maximum absolute atomic E-state index is 4.21. The van der Waals surface area contributed by atoms with Crippen molar-refractivity contribution in [2.24, 2.45) is 0 Å². The van der Waals surface area contributed by atoms with Gasteiger partial charge in [0, 0.05) is 30.3 Å². The molecule has 28 heavy (non-hydrogen) atoms. The Morgan fingerprint density at radius 1 is 1.07 bits per heavy atom. The van der Waals surface area contributed by atoms with E-state index in [-0.39, 0.29) is 6.04 Å². The quantitative estimate of drug-likeness (QED) is 0.720. The number of aryl methyl sites for hydroxylation is 1. The summed E-state index contributed by atoms with van der Waals surface area (Å²) in [7, 11) is 0. The molecule has 4 rings (SSSR count). The maximum atomic E-state index is 4.21. The van der Waals surface area contributed by atoms with E-state index in [9.17, 15) is 0 Å². The van der Waals surface area contributed by atoms with Crippen molar-refractivity contribution in [3.8, 4) is 0 Å². The van der Waals surface area contributed by atoms with Crippen molar-refractivity contribution in [2.75, 3.05) is 11.4 Å². The molecule has 1 saturated heterocycles. The van der Waals surface area contributed by atoms with Gasteiger partial charge in [0.2, 0.25) is 0 Å². The summed E-state index contributed by atoms with van der Waals surface area (Å²) >= 11 is 0. The van der Waals surface area contributed by atoms with Crippen LogP contribution in [0.1, 0.15) is 56.7 Å². The fourth-order valence-corrected chi connectivity index (χ4v) is 4.46. The summed E-state index contributed by atoms with van der Waals surface area (Å²) in [6.07, 6.45) is 11.3. The molecule has 1 fully saturated rings. The van der Waals surface area contributed by atoms with Gasteiger partial charge in [-0.3, -0.25) is 4.98 Å². The number of nitrogens with zero attached hydrogens (tertiary/aromatic N) is 3. The third-order valence-electron chi connectivity index (χ3n) is 6.13. The SMILES string of the molecule is CCCCCC1CN(c2ccncc2)C(C)C2=CC(c3ccc(C)cc3)NN21. The Bertz CT molecular complexity index is 799. The van der Waals surface area contributed by atoms with Crippen LogP contribution in [0.4, 0.5) is 5.69 Å². The van der Waals surface area contributed by atoms with Gasteiger partial charge >= 0.3 is 0 Å². The van der Waals surface area contributed by atoms with Crippen molar-refractivity contribution in [1.82, 2.24) is 15.4 Å². The molecule has 3 unspecified atom stereocenters. The zero-order valence-corrected chi connectivity index (χ0v) is 17.3. The predicted molar refractivity (Wildman–Crippen MR) is 116 cm³/mol. The number of rotatable bonds is 6. The molecule has 148 valence electrons. The Labute approximate surface area is 169 Å². The number of hydrazine groups is 1. The predicted octanol–water partition coefficient (Wildman–Crippen LogP) is 4.99. The van der Waals surface area contributed by atoms with E-state index in [1.54, 1.807) is 0 Å². The normalized spacial score (nSPS) is 24.2. The van der Waals surface area contributed by atoms with E-state index >= 15 is 0 Å². The average molecular weight is 377 g/mol. The van der Waals surface area contributed by atoms with Gasteiger partial charge in [-0.1, -0.05) is 56.0 Å². The van der Waals surface area contributed by atoms with Crippen molar-refractivity contribution in [2.45, 2.75) is 64.6 Å². The number of anilines is 1. The summed E-state index contributed by atoms with van der Waals surface area (Å²) in [5, 5.41) is 2.47. The summed E-state index contributed by atoms with van der Waals surface area (Å²) in [4.78, 5) is 6.75. The number of pyridine rings is 1. The minimum Gasteiger partial charge on any atom is -0.361 e. The van der Waals surface area contributed by atoms with Crippen molar-refractivity contribution in [1.29, 1.82) is 0 Å². The van der Waals surface area contributed by atoms with E-state index in [1.807, 2.05) is 12.4 Å². The minimum absolute atomic E-state index is 0.254. The van der Waals surface area contributed by atoms with Crippen LogP contribution in [0.2, 0.25) is 0 Å². The molecule has 0 saturated carbocycles. The van der Waals surface area contributed by atoms with Gasteiger partial charge in [0.05, 0.1) is 18.1 Å². The van der Waals surface area contributed by atoms with Crippen molar-refractivity contribution < 1.29 is 0 Å². The number of hydrogen-bond donors (Lipinski definition) is 1. The van der Waals surface area contributed by atoms with Crippen LogP contribution in [0, 0.1) is 6.92 Å². The summed E-state index contributed by atoms with van der Waals surface area (Å²) < 4.78 is 0. The maximum Gasteiger partial charge on any atom is 0.0714 e. The lowest BCUT2D eigenvalue weighted by atomic mass is 9.99. The van der Waals surface area contributed by atoms with Crippen molar-refractivity contribution in [3.63, 3.8) is 0 Å². The molecule has 3 heterocycles. The molecule has 4 nitrogen and oxygen atoms in total. The molecule has 4 heteroatoms. The molecular weight excluding hydrogens is 344 g/mol. The van der Waals surface area contributed by atoms with Gasteiger partial charge < -0.3 is 9.91 Å². The Morgan fingerprint density at radius 2 is 1.82 bits per heavy atom. The molecule has 3 atom stereocenters. The second kappa shape index (κ2) is 8.36. The van der Waals surface area contributed by atoms with Crippen LogP contribution in [0.25, 0.3) is 0 Å². The van der Waals surface area contributed by atoms with Crippen LogP contribution in [0.15, 0.2) is 60.6 Å². The smallest absolute Gasteiger partial charge is 0.0714 e. The monoisotopic (exact) mass is 376 g/mol. The lowest BCUT2D eigenvalue weighted by molar-refractivity contribution is 0.141. The van der Waals surface area contributed by atoms with E-state index in [4.69, 9.17) is 0 Å². The molecule has 2 aromatic rings. The lowest BCUT2D eigenvalue weighted by Crippen LogP contribution is -2.58. The highest BCUT2D eigenvalue weighted by Crippen LogP contribution is 2.36. The number of benzene rings is 1.